The minimum atomic E-state index is -0.983. The van der Waals surface area contributed by atoms with Crippen LogP contribution in [0.4, 0.5) is 4.39 Å². The molecular weight excluding hydrogens is 347 g/mol. The molecule has 21 heavy (non-hydrogen) atoms. The van der Waals surface area contributed by atoms with Crippen molar-refractivity contribution in [3.8, 4) is 11.4 Å². The number of carboxylic acids is 1. The quantitative estimate of drug-likeness (QED) is 0.845. The van der Waals surface area contributed by atoms with Crippen molar-refractivity contribution in [2.75, 3.05) is 7.11 Å². The maximum atomic E-state index is 13.6. The molecule has 0 spiro atoms. The van der Waals surface area contributed by atoms with E-state index in [1.165, 1.54) is 17.9 Å². The molecule has 0 aliphatic heterocycles. The summed E-state index contributed by atoms with van der Waals surface area (Å²) < 4.78 is 20.3. The number of methoxy groups -OCH3 is 1. The van der Waals surface area contributed by atoms with Crippen molar-refractivity contribution < 1.29 is 19.0 Å². The number of hydrogen-bond donors (Lipinski definition) is 1. The van der Waals surface area contributed by atoms with Gasteiger partial charge < -0.3 is 9.84 Å². The molecule has 1 N–H and O–H groups in total. The molecule has 1 aromatic heterocycles. The number of aliphatic carboxylic acids is 1. The first-order valence-electron chi connectivity index (χ1n) is 5.98. The van der Waals surface area contributed by atoms with Crippen LogP contribution in [0.2, 0.25) is 0 Å². The van der Waals surface area contributed by atoms with Gasteiger partial charge in [0, 0.05) is 12.7 Å². The Kier molecular flexibility index (Phi) is 4.97. The van der Waals surface area contributed by atoms with Crippen LogP contribution in [0, 0.1) is 5.82 Å². The summed E-state index contributed by atoms with van der Waals surface area (Å²) in [6.07, 6.45) is -0.766. The van der Waals surface area contributed by atoms with E-state index < -0.39 is 17.9 Å². The molecule has 9 heteroatoms. The van der Waals surface area contributed by atoms with Gasteiger partial charge in [0.2, 0.25) is 0 Å². The van der Waals surface area contributed by atoms with Crippen molar-refractivity contribution in [1.82, 2.24) is 20.2 Å². The van der Waals surface area contributed by atoms with E-state index in [-0.39, 0.29) is 17.4 Å². The second-order valence-corrected chi connectivity index (χ2v) is 5.03. The van der Waals surface area contributed by atoms with Crippen LogP contribution in [0.3, 0.4) is 0 Å². The number of ether oxygens (including phenoxy) is 1. The van der Waals surface area contributed by atoms with Crippen molar-refractivity contribution >= 4 is 21.9 Å². The van der Waals surface area contributed by atoms with Gasteiger partial charge in [0.05, 0.1) is 23.5 Å². The fourth-order valence-corrected chi connectivity index (χ4v) is 2.25. The van der Waals surface area contributed by atoms with Gasteiger partial charge in [-0.3, -0.25) is 4.79 Å². The zero-order valence-electron chi connectivity index (χ0n) is 11.0. The van der Waals surface area contributed by atoms with Crippen molar-refractivity contribution in [3.63, 3.8) is 0 Å². The van der Waals surface area contributed by atoms with E-state index in [0.717, 1.165) is 0 Å². The van der Waals surface area contributed by atoms with E-state index in [9.17, 15) is 9.18 Å². The van der Waals surface area contributed by atoms with Gasteiger partial charge in [0.25, 0.3) is 0 Å². The average molecular weight is 359 g/mol. The molecule has 1 unspecified atom stereocenters. The fraction of sp³-hybridized carbons (Fsp3) is 0.333. The minimum Gasteiger partial charge on any atom is -0.481 e. The molecule has 1 heterocycles. The zero-order chi connectivity index (χ0) is 15.4. The summed E-state index contributed by atoms with van der Waals surface area (Å²) in [6.45, 7) is 0.147. The second kappa shape index (κ2) is 6.72. The number of nitrogens with zero attached hydrogens (tertiary/aromatic N) is 4. The lowest BCUT2D eigenvalue weighted by molar-refractivity contribution is -0.140. The predicted molar refractivity (Wildman–Crippen MR) is 74.0 cm³/mol. The number of halogens is 2. The molecule has 0 fully saturated rings. The van der Waals surface area contributed by atoms with Crippen LogP contribution in [0.5, 0.6) is 0 Å². The molecule has 1 atom stereocenters. The molecule has 112 valence electrons. The van der Waals surface area contributed by atoms with Gasteiger partial charge in [-0.15, -0.1) is 5.10 Å². The summed E-state index contributed by atoms with van der Waals surface area (Å²) in [5, 5.41) is 20.0. The highest BCUT2D eigenvalue weighted by Crippen LogP contribution is 2.28. The van der Waals surface area contributed by atoms with Crippen molar-refractivity contribution in [2.24, 2.45) is 0 Å². The molecule has 0 amide bonds. The summed E-state index contributed by atoms with van der Waals surface area (Å²) in [7, 11) is 1.41. The summed E-state index contributed by atoms with van der Waals surface area (Å²) in [6, 6.07) is 4.51. The molecule has 0 radical (unpaired) electrons. The monoisotopic (exact) mass is 358 g/mol. The van der Waals surface area contributed by atoms with E-state index in [1.807, 2.05) is 0 Å². The zero-order valence-corrected chi connectivity index (χ0v) is 12.6. The molecule has 0 aliphatic rings. The summed E-state index contributed by atoms with van der Waals surface area (Å²) in [5.41, 5.74) is 0.477. The van der Waals surface area contributed by atoms with E-state index in [1.54, 1.807) is 12.1 Å². The summed E-state index contributed by atoms with van der Waals surface area (Å²) >= 11 is 3.15. The number of benzene rings is 1. The predicted octanol–water partition coefficient (Wildman–Crippen LogP) is 1.73. The third-order valence-corrected chi connectivity index (χ3v) is 3.64. The number of aromatic nitrogens is 4. The van der Waals surface area contributed by atoms with Gasteiger partial charge >= 0.3 is 5.97 Å². The van der Waals surface area contributed by atoms with Crippen LogP contribution in [0.1, 0.15) is 6.42 Å². The first-order valence-corrected chi connectivity index (χ1v) is 6.77. The average Bonchev–Trinajstić information content (AvgIpc) is 2.88. The van der Waals surface area contributed by atoms with Gasteiger partial charge in [-0.1, -0.05) is 6.07 Å². The van der Waals surface area contributed by atoms with Crippen molar-refractivity contribution in [1.29, 1.82) is 0 Å². The minimum absolute atomic E-state index is 0.147. The molecule has 0 saturated heterocycles. The van der Waals surface area contributed by atoms with Gasteiger partial charge in [-0.2, -0.15) is 0 Å². The van der Waals surface area contributed by atoms with Gasteiger partial charge in [-0.25, -0.2) is 9.07 Å². The molecule has 0 bridgehead atoms. The summed E-state index contributed by atoms with van der Waals surface area (Å²) in [4.78, 5) is 10.8. The number of carboxylic acid groups (broad SMARTS) is 1. The normalized spacial score (nSPS) is 12.3. The Labute approximate surface area is 127 Å². The molecule has 0 saturated carbocycles. The molecule has 0 aliphatic carbocycles. The number of carbonyl (C=O) groups is 1. The molecule has 1 aromatic carbocycles. The number of rotatable bonds is 6. The maximum Gasteiger partial charge on any atom is 0.306 e. The van der Waals surface area contributed by atoms with E-state index in [2.05, 4.69) is 31.5 Å². The molecule has 2 rings (SSSR count). The van der Waals surface area contributed by atoms with Crippen molar-refractivity contribution in [3.05, 3.63) is 28.5 Å². The first-order chi connectivity index (χ1) is 10.0. The highest BCUT2D eigenvalue weighted by Gasteiger charge is 2.19. The third kappa shape index (κ3) is 3.61. The Hall–Kier alpha value is -1.87. The standard InChI is InChI=1S/C12H12BrFN4O3/c1-21-7(5-10(19)20)6-18-12(15-16-17-18)8-3-2-4-9(14)11(8)13/h2-4,7H,5-6H2,1H3,(H,19,20). The SMILES string of the molecule is COC(CC(=O)O)Cn1nnnc1-c1cccc(F)c1Br. The van der Waals surface area contributed by atoms with E-state index in [4.69, 9.17) is 9.84 Å². The van der Waals surface area contributed by atoms with Crippen LogP contribution in [0.15, 0.2) is 22.7 Å². The lowest BCUT2D eigenvalue weighted by Crippen LogP contribution is -2.23. The second-order valence-electron chi connectivity index (χ2n) is 4.24. The van der Waals surface area contributed by atoms with Crippen LogP contribution in [-0.2, 0) is 16.1 Å². The van der Waals surface area contributed by atoms with Crippen LogP contribution >= 0.6 is 15.9 Å². The molecule has 2 aromatic rings. The molecular formula is C12H12BrFN4O3. The smallest absolute Gasteiger partial charge is 0.306 e. The van der Waals surface area contributed by atoms with E-state index >= 15 is 0 Å². The lowest BCUT2D eigenvalue weighted by atomic mass is 10.2. The van der Waals surface area contributed by atoms with Crippen molar-refractivity contribution in [2.45, 2.75) is 19.1 Å². The first kappa shape index (κ1) is 15.5. The third-order valence-electron chi connectivity index (χ3n) is 2.84. The number of hydrogen-bond acceptors (Lipinski definition) is 5. The Morgan fingerprint density at radius 3 is 3.00 bits per heavy atom. The van der Waals surface area contributed by atoms with Gasteiger partial charge in [0.15, 0.2) is 5.82 Å². The van der Waals surface area contributed by atoms with Crippen LogP contribution in [0.25, 0.3) is 11.4 Å². The molecule has 7 nitrogen and oxygen atoms in total. The van der Waals surface area contributed by atoms with Gasteiger partial charge in [0.1, 0.15) is 5.82 Å². The Bertz CT molecular complexity index is 649. The summed E-state index contributed by atoms with van der Waals surface area (Å²) in [5.74, 6) is -1.09. The number of tetrazole rings is 1. The maximum absolute atomic E-state index is 13.6. The highest BCUT2D eigenvalue weighted by molar-refractivity contribution is 9.10. The largest absolute Gasteiger partial charge is 0.481 e. The lowest BCUT2D eigenvalue weighted by Gasteiger charge is -2.14. The Morgan fingerprint density at radius 2 is 2.33 bits per heavy atom. The fourth-order valence-electron chi connectivity index (χ4n) is 1.81. The highest BCUT2D eigenvalue weighted by atomic mass is 79.9. The van der Waals surface area contributed by atoms with E-state index in [0.29, 0.717) is 11.4 Å². The Balaban J connectivity index is 2.30. The Morgan fingerprint density at radius 1 is 1.57 bits per heavy atom. The van der Waals surface area contributed by atoms with Crippen LogP contribution in [-0.4, -0.2) is 44.5 Å². The van der Waals surface area contributed by atoms with Gasteiger partial charge in [-0.05, 0) is 38.5 Å². The van der Waals surface area contributed by atoms with Crippen LogP contribution < -0.4 is 0 Å². The topological polar surface area (TPSA) is 90.1 Å².